The number of carbonyl (C=O) groups excluding carboxylic acids is 2. The summed E-state index contributed by atoms with van der Waals surface area (Å²) in [6.45, 7) is 8.81. The van der Waals surface area contributed by atoms with Crippen LogP contribution in [0.15, 0.2) is 36.5 Å². The normalized spacial score (nSPS) is 26.0. The van der Waals surface area contributed by atoms with Gasteiger partial charge in [-0.05, 0) is 39.4 Å². The van der Waals surface area contributed by atoms with Crippen LogP contribution in [0, 0.1) is 12.8 Å². The Morgan fingerprint density at radius 1 is 1.22 bits per heavy atom. The predicted molar refractivity (Wildman–Crippen MR) is 124 cm³/mol. The van der Waals surface area contributed by atoms with Crippen LogP contribution in [0.3, 0.4) is 0 Å². The first kappa shape index (κ1) is 22.5. The monoisotopic (exact) mass is 438 g/mol. The van der Waals surface area contributed by atoms with Crippen molar-refractivity contribution in [3.8, 4) is 0 Å². The standard InChI is InChI=1S/C24H34N6O2/c1-5-30-13-21(17(2)27-30)25-22(32)14-29-12-11-20-23(19-9-7-6-8-10-19)28(4)15-24(20,16-29)26-18(3)31/h6-10,13,20,23H,5,11-12,14-16H2,1-4H3,(H,25,32)(H,26,31)/t20-,23-,24+/m1/s1. The number of piperidine rings is 1. The number of nitrogens with one attached hydrogen (secondary N) is 2. The summed E-state index contributed by atoms with van der Waals surface area (Å²) >= 11 is 0. The van der Waals surface area contributed by atoms with Gasteiger partial charge in [-0.1, -0.05) is 30.3 Å². The SMILES string of the molecule is CCn1cc(NC(=O)CN2CC[C@@H]3[C@@H](c4ccccc4)N(C)C[C@]3(NC(C)=O)C2)c(C)n1. The molecule has 2 fully saturated rings. The number of hydrogen-bond donors (Lipinski definition) is 2. The Bertz CT molecular complexity index is 974. The number of aryl methyl sites for hydroxylation is 2. The number of likely N-dealkylation sites (N-methyl/N-ethyl adjacent to an activating group) is 1. The number of aromatic nitrogens is 2. The topological polar surface area (TPSA) is 82.5 Å². The van der Waals surface area contributed by atoms with Gasteiger partial charge in [0.05, 0.1) is 23.5 Å². The van der Waals surface area contributed by atoms with Gasteiger partial charge in [-0.15, -0.1) is 0 Å². The number of carbonyl (C=O) groups is 2. The Balaban J connectivity index is 1.49. The summed E-state index contributed by atoms with van der Waals surface area (Å²) in [5.41, 5.74) is 2.48. The minimum atomic E-state index is -0.372. The van der Waals surface area contributed by atoms with Crippen LogP contribution in [-0.2, 0) is 16.1 Å². The van der Waals surface area contributed by atoms with Gasteiger partial charge in [-0.2, -0.15) is 5.10 Å². The number of anilines is 1. The van der Waals surface area contributed by atoms with E-state index in [9.17, 15) is 9.59 Å². The Labute approximate surface area is 190 Å². The smallest absolute Gasteiger partial charge is 0.238 e. The molecule has 172 valence electrons. The summed E-state index contributed by atoms with van der Waals surface area (Å²) < 4.78 is 1.82. The second-order valence-corrected chi connectivity index (χ2v) is 9.25. The molecule has 2 aliphatic heterocycles. The summed E-state index contributed by atoms with van der Waals surface area (Å²) in [5.74, 6) is 0.222. The van der Waals surface area contributed by atoms with Crippen LogP contribution in [0.4, 0.5) is 5.69 Å². The van der Waals surface area contributed by atoms with Crippen molar-refractivity contribution in [1.82, 2.24) is 24.9 Å². The fourth-order valence-corrected chi connectivity index (χ4v) is 5.66. The average Bonchev–Trinajstić information content (AvgIpc) is 3.23. The molecule has 8 heteroatoms. The fourth-order valence-electron chi connectivity index (χ4n) is 5.66. The lowest BCUT2D eigenvalue weighted by Crippen LogP contribution is -2.64. The van der Waals surface area contributed by atoms with E-state index in [1.165, 1.54) is 5.56 Å². The van der Waals surface area contributed by atoms with Crippen molar-refractivity contribution in [1.29, 1.82) is 0 Å². The van der Waals surface area contributed by atoms with Gasteiger partial charge in [-0.25, -0.2) is 0 Å². The summed E-state index contributed by atoms with van der Waals surface area (Å²) in [6, 6.07) is 10.8. The van der Waals surface area contributed by atoms with Crippen molar-refractivity contribution in [2.75, 3.05) is 38.5 Å². The zero-order valence-electron chi connectivity index (χ0n) is 19.5. The number of likely N-dealkylation sites (tertiary alicyclic amines) is 2. The highest BCUT2D eigenvalue weighted by molar-refractivity contribution is 5.92. The maximum absolute atomic E-state index is 12.8. The third-order valence-electron chi connectivity index (χ3n) is 6.84. The molecule has 2 N–H and O–H groups in total. The van der Waals surface area contributed by atoms with Crippen LogP contribution in [0.25, 0.3) is 0 Å². The van der Waals surface area contributed by atoms with Crippen LogP contribution in [0.1, 0.15) is 37.6 Å². The van der Waals surface area contributed by atoms with Crippen LogP contribution in [0.2, 0.25) is 0 Å². The molecule has 4 rings (SSSR count). The van der Waals surface area contributed by atoms with E-state index in [-0.39, 0.29) is 23.4 Å². The summed E-state index contributed by atoms with van der Waals surface area (Å²) in [7, 11) is 2.13. The minimum Gasteiger partial charge on any atom is -0.348 e. The second kappa shape index (κ2) is 9.03. The molecule has 8 nitrogen and oxygen atoms in total. The molecule has 3 atom stereocenters. The average molecular weight is 439 g/mol. The molecular weight excluding hydrogens is 404 g/mol. The predicted octanol–water partition coefficient (Wildman–Crippen LogP) is 2.03. The molecule has 0 radical (unpaired) electrons. The van der Waals surface area contributed by atoms with Crippen molar-refractivity contribution in [3.63, 3.8) is 0 Å². The van der Waals surface area contributed by atoms with E-state index in [0.29, 0.717) is 19.0 Å². The second-order valence-electron chi connectivity index (χ2n) is 9.25. The van der Waals surface area contributed by atoms with Gasteiger partial charge in [0.15, 0.2) is 0 Å². The molecule has 0 saturated carbocycles. The van der Waals surface area contributed by atoms with E-state index in [1.807, 2.05) is 30.8 Å². The third-order valence-corrected chi connectivity index (χ3v) is 6.84. The lowest BCUT2D eigenvalue weighted by Gasteiger charge is -2.45. The van der Waals surface area contributed by atoms with Gasteiger partial charge >= 0.3 is 0 Å². The molecule has 0 unspecified atom stereocenters. The first-order valence-corrected chi connectivity index (χ1v) is 11.4. The van der Waals surface area contributed by atoms with Crippen LogP contribution >= 0.6 is 0 Å². The maximum Gasteiger partial charge on any atom is 0.238 e. The van der Waals surface area contributed by atoms with Crippen LogP contribution in [-0.4, -0.2) is 70.2 Å². The quantitative estimate of drug-likeness (QED) is 0.721. The number of amides is 2. The van der Waals surface area contributed by atoms with Gasteiger partial charge in [0, 0.05) is 44.7 Å². The Morgan fingerprint density at radius 3 is 2.62 bits per heavy atom. The van der Waals surface area contributed by atoms with Crippen molar-refractivity contribution in [2.24, 2.45) is 5.92 Å². The largest absolute Gasteiger partial charge is 0.348 e. The van der Waals surface area contributed by atoms with E-state index in [4.69, 9.17) is 0 Å². The van der Waals surface area contributed by atoms with E-state index in [0.717, 1.165) is 37.4 Å². The lowest BCUT2D eigenvalue weighted by atomic mass is 9.75. The zero-order chi connectivity index (χ0) is 22.9. The van der Waals surface area contributed by atoms with Gasteiger partial charge in [0.1, 0.15) is 0 Å². The summed E-state index contributed by atoms with van der Waals surface area (Å²) in [4.78, 5) is 29.5. The highest BCUT2D eigenvalue weighted by atomic mass is 16.2. The van der Waals surface area contributed by atoms with Gasteiger partial charge < -0.3 is 10.6 Å². The molecule has 3 heterocycles. The molecule has 1 aromatic carbocycles. The van der Waals surface area contributed by atoms with Crippen molar-refractivity contribution in [3.05, 3.63) is 47.8 Å². The molecule has 2 amide bonds. The number of fused-ring (bicyclic) bond motifs is 1. The Hall–Kier alpha value is -2.71. The van der Waals surface area contributed by atoms with E-state index < -0.39 is 0 Å². The lowest BCUT2D eigenvalue weighted by molar-refractivity contribution is -0.122. The van der Waals surface area contributed by atoms with E-state index in [2.05, 4.69) is 56.8 Å². The van der Waals surface area contributed by atoms with Gasteiger partial charge in [0.2, 0.25) is 11.8 Å². The number of benzene rings is 1. The molecular formula is C24H34N6O2. The first-order chi connectivity index (χ1) is 15.3. The molecule has 2 saturated heterocycles. The molecule has 32 heavy (non-hydrogen) atoms. The first-order valence-electron chi connectivity index (χ1n) is 11.4. The number of hydrogen-bond acceptors (Lipinski definition) is 5. The highest BCUT2D eigenvalue weighted by Gasteiger charge is 2.54. The minimum absolute atomic E-state index is 0.0222. The molecule has 1 aromatic heterocycles. The molecule has 2 aliphatic rings. The summed E-state index contributed by atoms with van der Waals surface area (Å²) in [6.07, 6.45) is 2.79. The summed E-state index contributed by atoms with van der Waals surface area (Å²) in [5, 5.41) is 10.7. The molecule has 0 aliphatic carbocycles. The van der Waals surface area contributed by atoms with Crippen molar-refractivity contribution >= 4 is 17.5 Å². The van der Waals surface area contributed by atoms with Gasteiger partial charge in [0.25, 0.3) is 0 Å². The number of rotatable bonds is 6. The Kier molecular flexibility index (Phi) is 6.35. The third kappa shape index (κ3) is 4.42. The Morgan fingerprint density at radius 2 is 1.97 bits per heavy atom. The van der Waals surface area contributed by atoms with Crippen LogP contribution in [0.5, 0.6) is 0 Å². The zero-order valence-corrected chi connectivity index (χ0v) is 19.5. The molecule has 0 bridgehead atoms. The fraction of sp³-hybridized carbons (Fsp3) is 0.542. The van der Waals surface area contributed by atoms with Crippen molar-refractivity contribution in [2.45, 2.75) is 45.3 Å². The van der Waals surface area contributed by atoms with Gasteiger partial charge in [-0.3, -0.25) is 24.1 Å². The van der Waals surface area contributed by atoms with Crippen LogP contribution < -0.4 is 10.6 Å². The highest BCUT2D eigenvalue weighted by Crippen LogP contribution is 2.46. The maximum atomic E-state index is 12.8. The van der Waals surface area contributed by atoms with Crippen molar-refractivity contribution < 1.29 is 9.59 Å². The van der Waals surface area contributed by atoms with E-state index in [1.54, 1.807) is 6.92 Å². The number of nitrogens with zero attached hydrogens (tertiary/aromatic N) is 4. The molecule has 0 spiro atoms. The molecule has 2 aromatic rings. The van der Waals surface area contributed by atoms with E-state index >= 15 is 0 Å².